The summed E-state index contributed by atoms with van der Waals surface area (Å²) in [5.41, 5.74) is 8.63. The van der Waals surface area contributed by atoms with Crippen molar-refractivity contribution in [3.63, 3.8) is 0 Å². The molecule has 1 aliphatic carbocycles. The van der Waals surface area contributed by atoms with Crippen molar-refractivity contribution in [3.05, 3.63) is 10.4 Å². The van der Waals surface area contributed by atoms with Gasteiger partial charge in [0.1, 0.15) is 0 Å². The molecule has 0 aliphatic heterocycles. The lowest BCUT2D eigenvalue weighted by atomic mass is 9.98. The van der Waals surface area contributed by atoms with Gasteiger partial charge in [0, 0.05) is 10.1 Å². The molecule has 3 heterocycles. The van der Waals surface area contributed by atoms with Crippen molar-refractivity contribution in [2.75, 3.05) is 5.75 Å². The Morgan fingerprint density at radius 2 is 2.08 bits per heavy atom. The summed E-state index contributed by atoms with van der Waals surface area (Å²) in [5, 5.41) is 10.7. The highest BCUT2D eigenvalue weighted by atomic mass is 32.2. The molecule has 6 nitrogen and oxygen atoms in total. The largest absolute Gasteiger partial charge is 0.369 e. The third kappa shape index (κ3) is 3.13. The maximum atomic E-state index is 11.2. The van der Waals surface area contributed by atoms with E-state index in [1.54, 1.807) is 23.1 Å². The minimum Gasteiger partial charge on any atom is -0.369 e. The van der Waals surface area contributed by atoms with E-state index in [1.165, 1.54) is 35.0 Å². The third-order valence-electron chi connectivity index (χ3n) is 4.06. The Balaban J connectivity index is 1.94. The quantitative estimate of drug-likeness (QED) is 0.529. The summed E-state index contributed by atoms with van der Waals surface area (Å²) in [7, 11) is 0. The van der Waals surface area contributed by atoms with Crippen LogP contribution >= 0.6 is 34.9 Å². The molecule has 0 fully saturated rings. The average Bonchev–Trinajstić information content (AvgIpc) is 3.14. The fraction of sp³-hybridized carbons (Fsp3) is 0.500. The van der Waals surface area contributed by atoms with Crippen molar-refractivity contribution in [2.45, 2.75) is 55.1 Å². The zero-order valence-electron chi connectivity index (χ0n) is 14.1. The first-order valence-electron chi connectivity index (χ1n) is 8.31. The van der Waals surface area contributed by atoms with Crippen molar-refractivity contribution in [1.29, 1.82) is 0 Å². The van der Waals surface area contributed by atoms with Gasteiger partial charge in [-0.15, -0.1) is 21.5 Å². The molecule has 0 aromatic carbocycles. The van der Waals surface area contributed by atoms with Crippen LogP contribution in [0.15, 0.2) is 10.3 Å². The number of nitrogens with zero attached hydrogens (tertiary/aromatic N) is 4. The fourth-order valence-electron chi connectivity index (χ4n) is 3.07. The lowest BCUT2D eigenvalue weighted by Crippen LogP contribution is -2.13. The Hall–Kier alpha value is -1.32. The SMILES string of the molecule is CC(C)Sc1nc2c3c(sc2c2nnc(SCC(N)=O)n12)CCCC3. The van der Waals surface area contributed by atoms with Gasteiger partial charge in [-0.2, -0.15) is 0 Å². The van der Waals surface area contributed by atoms with Crippen LogP contribution in [0, 0.1) is 0 Å². The van der Waals surface area contributed by atoms with Crippen molar-refractivity contribution in [1.82, 2.24) is 19.6 Å². The number of hydrogen-bond acceptors (Lipinski definition) is 7. The number of thiophene rings is 1. The van der Waals surface area contributed by atoms with Crippen molar-refractivity contribution < 1.29 is 4.79 Å². The Labute approximate surface area is 158 Å². The van der Waals surface area contributed by atoms with Crippen molar-refractivity contribution >= 4 is 56.6 Å². The summed E-state index contributed by atoms with van der Waals surface area (Å²) in [5.74, 6) is -0.175. The molecule has 25 heavy (non-hydrogen) atoms. The molecule has 0 atom stereocenters. The van der Waals surface area contributed by atoms with E-state index in [4.69, 9.17) is 10.7 Å². The highest BCUT2D eigenvalue weighted by Gasteiger charge is 2.23. The topological polar surface area (TPSA) is 86.2 Å². The number of primary amides is 1. The monoisotopic (exact) mass is 393 g/mol. The van der Waals surface area contributed by atoms with Crippen LogP contribution in [0.3, 0.4) is 0 Å². The summed E-state index contributed by atoms with van der Waals surface area (Å²) < 4.78 is 3.10. The zero-order chi connectivity index (χ0) is 17.6. The summed E-state index contributed by atoms with van der Waals surface area (Å²) in [6.45, 7) is 4.29. The second-order valence-corrected chi connectivity index (χ2v) is 9.94. The average molecular weight is 394 g/mol. The molecule has 1 amide bonds. The molecule has 2 N–H and O–H groups in total. The van der Waals surface area contributed by atoms with Gasteiger partial charge in [0.25, 0.3) is 0 Å². The smallest absolute Gasteiger partial charge is 0.227 e. The van der Waals surface area contributed by atoms with Crippen LogP contribution in [0.5, 0.6) is 0 Å². The van der Waals surface area contributed by atoms with E-state index in [-0.39, 0.29) is 11.7 Å². The van der Waals surface area contributed by atoms with E-state index in [1.807, 2.05) is 4.40 Å². The molecule has 4 rings (SSSR count). The zero-order valence-corrected chi connectivity index (χ0v) is 16.6. The highest BCUT2D eigenvalue weighted by Crippen LogP contribution is 2.39. The molecule has 3 aromatic heterocycles. The summed E-state index contributed by atoms with van der Waals surface area (Å²) in [4.78, 5) is 17.6. The number of thioether (sulfide) groups is 2. The summed E-state index contributed by atoms with van der Waals surface area (Å²) in [6, 6.07) is 0. The molecule has 0 spiro atoms. The van der Waals surface area contributed by atoms with E-state index in [2.05, 4.69) is 24.0 Å². The summed E-state index contributed by atoms with van der Waals surface area (Å²) in [6.07, 6.45) is 4.70. The number of nitrogens with two attached hydrogens (primary N) is 1. The van der Waals surface area contributed by atoms with Gasteiger partial charge in [-0.25, -0.2) is 9.38 Å². The molecule has 132 valence electrons. The Bertz CT molecular complexity index is 962. The van der Waals surface area contributed by atoms with E-state index in [0.29, 0.717) is 10.4 Å². The molecule has 3 aromatic rings. The molecule has 0 radical (unpaired) electrons. The molecule has 1 aliphatic rings. The Morgan fingerprint density at radius 3 is 2.84 bits per heavy atom. The number of aryl methyl sites for hydroxylation is 2. The number of fused-ring (bicyclic) bond motifs is 5. The number of amides is 1. The molecule has 0 unspecified atom stereocenters. The normalized spacial score (nSPS) is 14.5. The minimum atomic E-state index is -0.361. The minimum absolute atomic E-state index is 0.186. The van der Waals surface area contributed by atoms with Crippen molar-refractivity contribution in [3.8, 4) is 0 Å². The van der Waals surface area contributed by atoms with E-state index < -0.39 is 0 Å². The maximum Gasteiger partial charge on any atom is 0.227 e. The van der Waals surface area contributed by atoms with Crippen LogP contribution < -0.4 is 5.73 Å². The Kier molecular flexibility index (Phi) is 4.63. The lowest BCUT2D eigenvalue weighted by Gasteiger charge is -2.11. The van der Waals surface area contributed by atoms with Crippen LogP contribution in [-0.4, -0.2) is 36.5 Å². The van der Waals surface area contributed by atoms with Crippen LogP contribution in [0.25, 0.3) is 15.9 Å². The second kappa shape index (κ2) is 6.77. The van der Waals surface area contributed by atoms with Gasteiger partial charge >= 0.3 is 0 Å². The van der Waals surface area contributed by atoms with Gasteiger partial charge in [0.15, 0.2) is 16.0 Å². The van der Waals surface area contributed by atoms with Crippen LogP contribution in [0.2, 0.25) is 0 Å². The first-order valence-corrected chi connectivity index (χ1v) is 11.0. The number of rotatable bonds is 5. The first-order chi connectivity index (χ1) is 12.0. The predicted molar refractivity (Wildman–Crippen MR) is 104 cm³/mol. The fourth-order valence-corrected chi connectivity index (χ4v) is 5.95. The molecule has 0 saturated carbocycles. The van der Waals surface area contributed by atoms with Gasteiger partial charge < -0.3 is 5.73 Å². The number of aromatic nitrogens is 4. The summed E-state index contributed by atoms with van der Waals surface area (Å²) >= 11 is 4.81. The van der Waals surface area contributed by atoms with Crippen molar-refractivity contribution in [2.24, 2.45) is 5.73 Å². The number of carbonyl (C=O) groups is 1. The van der Waals surface area contributed by atoms with Crippen LogP contribution in [0.4, 0.5) is 0 Å². The van der Waals surface area contributed by atoms with Gasteiger partial charge in [-0.05, 0) is 31.2 Å². The number of carbonyl (C=O) groups excluding carboxylic acids is 1. The van der Waals surface area contributed by atoms with Crippen LogP contribution in [0.1, 0.15) is 37.1 Å². The van der Waals surface area contributed by atoms with E-state index in [0.717, 1.165) is 33.9 Å². The third-order valence-corrected chi connectivity index (χ3v) is 7.25. The lowest BCUT2D eigenvalue weighted by molar-refractivity contribution is -0.115. The standard InChI is InChI=1S/C16H19N5OS3/c1-8(2)24-15-18-12-9-5-3-4-6-10(9)25-13(12)14-19-20-16(21(14)15)23-7-11(17)22/h8H,3-7H2,1-2H3,(H2,17,22). The van der Waals surface area contributed by atoms with Gasteiger partial charge in [0.2, 0.25) is 5.91 Å². The van der Waals surface area contributed by atoms with Gasteiger partial charge in [0.05, 0.1) is 16.0 Å². The second-order valence-electron chi connectivity index (χ2n) is 6.35. The van der Waals surface area contributed by atoms with Crippen LogP contribution in [-0.2, 0) is 17.6 Å². The first kappa shape index (κ1) is 17.1. The number of hydrogen-bond donors (Lipinski definition) is 1. The predicted octanol–water partition coefficient (Wildman–Crippen LogP) is 3.30. The van der Waals surface area contributed by atoms with E-state index >= 15 is 0 Å². The maximum absolute atomic E-state index is 11.2. The Morgan fingerprint density at radius 1 is 1.28 bits per heavy atom. The molecule has 0 bridgehead atoms. The molecular weight excluding hydrogens is 374 g/mol. The van der Waals surface area contributed by atoms with Gasteiger partial charge in [-0.3, -0.25) is 4.79 Å². The van der Waals surface area contributed by atoms with Gasteiger partial charge in [-0.1, -0.05) is 37.4 Å². The molecular formula is C16H19N5OS3. The van der Waals surface area contributed by atoms with E-state index in [9.17, 15) is 4.79 Å². The molecule has 0 saturated heterocycles. The molecule has 9 heteroatoms. The highest BCUT2D eigenvalue weighted by molar-refractivity contribution is 8.00.